The molecule has 1 aromatic carbocycles. The van der Waals surface area contributed by atoms with E-state index in [2.05, 4.69) is 18.7 Å². The SMILES string of the molecule is CC(C)CCOCCN(CCC(=O)O)c1ccccc1. The third-order valence-electron chi connectivity index (χ3n) is 3.06. The van der Waals surface area contributed by atoms with Gasteiger partial charge in [0.2, 0.25) is 0 Å². The molecule has 1 aromatic rings. The Labute approximate surface area is 121 Å². The summed E-state index contributed by atoms with van der Waals surface area (Å²) in [6.45, 7) is 6.96. The number of carboxylic acid groups (broad SMARTS) is 1. The standard InChI is InChI=1S/C16H25NO3/c1-14(2)9-12-20-13-11-17(10-8-16(18)19)15-6-4-3-5-7-15/h3-7,14H,8-13H2,1-2H3,(H,18,19). The normalized spacial score (nSPS) is 10.8. The molecule has 0 radical (unpaired) electrons. The van der Waals surface area contributed by atoms with Crippen LogP contribution in [0.25, 0.3) is 0 Å². The van der Waals surface area contributed by atoms with Gasteiger partial charge < -0.3 is 14.7 Å². The van der Waals surface area contributed by atoms with Crippen molar-refractivity contribution in [2.24, 2.45) is 5.92 Å². The Morgan fingerprint density at radius 1 is 1.20 bits per heavy atom. The molecule has 20 heavy (non-hydrogen) atoms. The van der Waals surface area contributed by atoms with Gasteiger partial charge in [-0.3, -0.25) is 4.79 Å². The highest BCUT2D eigenvalue weighted by Gasteiger charge is 2.08. The molecule has 0 aromatic heterocycles. The summed E-state index contributed by atoms with van der Waals surface area (Å²) in [5, 5.41) is 8.82. The van der Waals surface area contributed by atoms with Crippen molar-refractivity contribution in [3.63, 3.8) is 0 Å². The highest BCUT2D eigenvalue weighted by molar-refractivity contribution is 5.67. The molecule has 0 amide bonds. The number of hydrogen-bond donors (Lipinski definition) is 1. The van der Waals surface area contributed by atoms with E-state index < -0.39 is 5.97 Å². The van der Waals surface area contributed by atoms with E-state index in [-0.39, 0.29) is 6.42 Å². The van der Waals surface area contributed by atoms with Gasteiger partial charge in [0.1, 0.15) is 0 Å². The Morgan fingerprint density at radius 2 is 1.90 bits per heavy atom. The average Bonchev–Trinajstić information content (AvgIpc) is 2.42. The second-order valence-electron chi connectivity index (χ2n) is 5.26. The lowest BCUT2D eigenvalue weighted by Gasteiger charge is -2.24. The molecule has 0 unspecified atom stereocenters. The van der Waals surface area contributed by atoms with E-state index in [0.717, 1.165) is 25.3 Å². The molecule has 112 valence electrons. The summed E-state index contributed by atoms with van der Waals surface area (Å²) in [6.07, 6.45) is 1.20. The fraction of sp³-hybridized carbons (Fsp3) is 0.562. The molecular formula is C16H25NO3. The van der Waals surface area contributed by atoms with Gasteiger partial charge in [0.25, 0.3) is 0 Å². The van der Waals surface area contributed by atoms with Crippen molar-refractivity contribution in [3.05, 3.63) is 30.3 Å². The largest absolute Gasteiger partial charge is 0.481 e. The van der Waals surface area contributed by atoms with E-state index in [4.69, 9.17) is 9.84 Å². The first kappa shape index (κ1) is 16.5. The molecule has 0 fully saturated rings. The van der Waals surface area contributed by atoms with Crippen molar-refractivity contribution in [3.8, 4) is 0 Å². The van der Waals surface area contributed by atoms with Gasteiger partial charge in [-0.1, -0.05) is 32.0 Å². The molecule has 0 saturated carbocycles. The monoisotopic (exact) mass is 279 g/mol. The van der Waals surface area contributed by atoms with Crippen molar-refractivity contribution >= 4 is 11.7 Å². The van der Waals surface area contributed by atoms with Crippen molar-refractivity contribution in [1.29, 1.82) is 0 Å². The predicted molar refractivity (Wildman–Crippen MR) is 81.2 cm³/mol. The Balaban J connectivity index is 2.41. The van der Waals surface area contributed by atoms with Gasteiger partial charge >= 0.3 is 5.97 Å². The van der Waals surface area contributed by atoms with Crippen LogP contribution in [0.4, 0.5) is 5.69 Å². The number of benzene rings is 1. The first-order valence-electron chi connectivity index (χ1n) is 7.19. The van der Waals surface area contributed by atoms with Gasteiger partial charge in [-0.05, 0) is 24.5 Å². The average molecular weight is 279 g/mol. The maximum Gasteiger partial charge on any atom is 0.305 e. The fourth-order valence-corrected chi connectivity index (χ4v) is 1.84. The topological polar surface area (TPSA) is 49.8 Å². The Morgan fingerprint density at radius 3 is 2.50 bits per heavy atom. The molecule has 0 heterocycles. The van der Waals surface area contributed by atoms with Crippen LogP contribution in [0.3, 0.4) is 0 Å². The summed E-state index contributed by atoms with van der Waals surface area (Å²) in [5.74, 6) is -0.126. The molecule has 1 rings (SSSR count). The predicted octanol–water partition coefficient (Wildman–Crippen LogP) is 3.03. The Bertz CT molecular complexity index is 379. The molecule has 0 aliphatic rings. The fourth-order valence-electron chi connectivity index (χ4n) is 1.84. The summed E-state index contributed by atoms with van der Waals surface area (Å²) in [5.41, 5.74) is 1.04. The first-order valence-corrected chi connectivity index (χ1v) is 7.19. The second kappa shape index (κ2) is 9.37. The molecule has 4 heteroatoms. The summed E-state index contributed by atoms with van der Waals surface area (Å²) in [6, 6.07) is 9.87. The lowest BCUT2D eigenvalue weighted by Crippen LogP contribution is -2.30. The van der Waals surface area contributed by atoms with Crippen LogP contribution in [0.1, 0.15) is 26.7 Å². The number of anilines is 1. The summed E-state index contributed by atoms with van der Waals surface area (Å²) >= 11 is 0. The molecule has 4 nitrogen and oxygen atoms in total. The molecule has 0 spiro atoms. The number of carboxylic acids is 1. The van der Waals surface area contributed by atoms with Crippen LogP contribution >= 0.6 is 0 Å². The molecule has 0 aliphatic heterocycles. The van der Waals surface area contributed by atoms with Gasteiger partial charge in [-0.25, -0.2) is 0 Å². The van der Waals surface area contributed by atoms with E-state index in [1.807, 2.05) is 30.3 Å². The maximum atomic E-state index is 10.7. The lowest BCUT2D eigenvalue weighted by molar-refractivity contribution is -0.136. The van der Waals surface area contributed by atoms with E-state index >= 15 is 0 Å². The van der Waals surface area contributed by atoms with Crippen LogP contribution < -0.4 is 4.90 Å². The van der Waals surface area contributed by atoms with Crippen molar-refractivity contribution in [2.45, 2.75) is 26.7 Å². The van der Waals surface area contributed by atoms with E-state index in [1.54, 1.807) is 0 Å². The van der Waals surface area contributed by atoms with Crippen molar-refractivity contribution in [1.82, 2.24) is 0 Å². The van der Waals surface area contributed by atoms with Crippen LogP contribution in [0, 0.1) is 5.92 Å². The number of para-hydroxylation sites is 1. The van der Waals surface area contributed by atoms with Crippen LogP contribution in [-0.4, -0.2) is 37.4 Å². The highest BCUT2D eigenvalue weighted by Crippen LogP contribution is 2.13. The number of nitrogens with zero attached hydrogens (tertiary/aromatic N) is 1. The molecule has 0 aliphatic carbocycles. The van der Waals surface area contributed by atoms with Crippen molar-refractivity contribution < 1.29 is 14.6 Å². The molecular weight excluding hydrogens is 254 g/mol. The minimum atomic E-state index is -0.772. The zero-order valence-corrected chi connectivity index (χ0v) is 12.4. The van der Waals surface area contributed by atoms with Gasteiger partial charge in [0.05, 0.1) is 13.0 Å². The zero-order valence-electron chi connectivity index (χ0n) is 12.4. The minimum Gasteiger partial charge on any atom is -0.481 e. The Hall–Kier alpha value is -1.55. The number of aliphatic carboxylic acids is 1. The van der Waals surface area contributed by atoms with Crippen LogP contribution in [0.15, 0.2) is 30.3 Å². The van der Waals surface area contributed by atoms with Crippen LogP contribution in [0.5, 0.6) is 0 Å². The molecule has 0 saturated heterocycles. The smallest absolute Gasteiger partial charge is 0.305 e. The molecule has 0 bridgehead atoms. The van der Waals surface area contributed by atoms with Gasteiger partial charge in [-0.2, -0.15) is 0 Å². The van der Waals surface area contributed by atoms with Crippen molar-refractivity contribution in [2.75, 3.05) is 31.2 Å². The number of ether oxygens (including phenoxy) is 1. The maximum absolute atomic E-state index is 10.7. The summed E-state index contributed by atoms with van der Waals surface area (Å²) in [4.78, 5) is 12.8. The summed E-state index contributed by atoms with van der Waals surface area (Å²) in [7, 11) is 0. The lowest BCUT2D eigenvalue weighted by atomic mass is 10.1. The number of rotatable bonds is 10. The summed E-state index contributed by atoms with van der Waals surface area (Å²) < 4.78 is 5.61. The van der Waals surface area contributed by atoms with Gasteiger partial charge in [0, 0.05) is 25.4 Å². The number of carbonyl (C=O) groups is 1. The van der Waals surface area contributed by atoms with E-state index in [0.29, 0.717) is 19.1 Å². The third-order valence-corrected chi connectivity index (χ3v) is 3.06. The zero-order chi connectivity index (χ0) is 14.8. The first-order chi connectivity index (χ1) is 9.59. The quantitative estimate of drug-likeness (QED) is 0.669. The second-order valence-corrected chi connectivity index (χ2v) is 5.26. The van der Waals surface area contributed by atoms with Crippen LogP contribution in [0.2, 0.25) is 0 Å². The van der Waals surface area contributed by atoms with Gasteiger partial charge in [-0.15, -0.1) is 0 Å². The number of hydrogen-bond acceptors (Lipinski definition) is 3. The highest BCUT2D eigenvalue weighted by atomic mass is 16.5. The molecule has 0 atom stereocenters. The third kappa shape index (κ3) is 7.14. The molecule has 1 N–H and O–H groups in total. The van der Waals surface area contributed by atoms with E-state index in [9.17, 15) is 4.79 Å². The minimum absolute atomic E-state index is 0.140. The van der Waals surface area contributed by atoms with Crippen LogP contribution in [-0.2, 0) is 9.53 Å². The van der Waals surface area contributed by atoms with E-state index in [1.165, 1.54) is 0 Å². The van der Waals surface area contributed by atoms with Gasteiger partial charge in [0.15, 0.2) is 0 Å². The Kier molecular flexibility index (Phi) is 7.73.